The largest absolute Gasteiger partial charge is 0.480 e. The van der Waals surface area contributed by atoms with Crippen molar-refractivity contribution in [2.75, 3.05) is 46.5 Å². The molecule has 1 atom stereocenters. The molecule has 1 saturated heterocycles. The molecule has 1 aromatic rings. The first-order valence-corrected chi connectivity index (χ1v) is 8.07. The van der Waals surface area contributed by atoms with E-state index in [-0.39, 0.29) is 12.5 Å². The SMILES string of the molecule is COC[C@@H](C)N1CCN(C(=O)COc2c(C)nn(C)c2C)CC1. The van der Waals surface area contributed by atoms with Crippen molar-refractivity contribution in [1.29, 1.82) is 0 Å². The van der Waals surface area contributed by atoms with Crippen LogP contribution in [-0.4, -0.2) is 78.0 Å². The molecule has 23 heavy (non-hydrogen) atoms. The van der Waals surface area contributed by atoms with Crippen LogP contribution < -0.4 is 4.74 Å². The number of carbonyl (C=O) groups excluding carboxylic acids is 1. The quantitative estimate of drug-likeness (QED) is 0.767. The lowest BCUT2D eigenvalue weighted by molar-refractivity contribution is -0.135. The number of piperazine rings is 1. The molecule has 1 amide bonds. The second-order valence-corrected chi connectivity index (χ2v) is 6.13. The van der Waals surface area contributed by atoms with Crippen LogP contribution in [0.2, 0.25) is 0 Å². The fraction of sp³-hybridized carbons (Fsp3) is 0.750. The highest BCUT2D eigenvalue weighted by Crippen LogP contribution is 2.21. The first kappa shape index (κ1) is 17.7. The van der Waals surface area contributed by atoms with Gasteiger partial charge in [-0.2, -0.15) is 5.10 Å². The lowest BCUT2D eigenvalue weighted by Gasteiger charge is -2.37. The molecule has 0 bridgehead atoms. The fourth-order valence-electron chi connectivity index (χ4n) is 2.95. The standard InChI is InChI=1S/C16H28N4O3/c1-12(10-22-5)19-6-8-20(9-7-19)15(21)11-23-16-13(2)17-18(4)14(16)3/h12H,6-11H2,1-5H3/t12-/m1/s1. The second kappa shape index (κ2) is 7.79. The molecule has 1 aliphatic heterocycles. The number of nitrogens with zero attached hydrogens (tertiary/aromatic N) is 4. The van der Waals surface area contributed by atoms with E-state index in [0.29, 0.717) is 11.8 Å². The Balaban J connectivity index is 1.81. The third-order valence-electron chi connectivity index (χ3n) is 4.48. The van der Waals surface area contributed by atoms with Crippen LogP contribution >= 0.6 is 0 Å². The summed E-state index contributed by atoms with van der Waals surface area (Å²) in [6.07, 6.45) is 0. The van der Waals surface area contributed by atoms with E-state index in [1.54, 1.807) is 11.8 Å². The number of methoxy groups -OCH3 is 1. The Morgan fingerprint density at radius 1 is 1.26 bits per heavy atom. The minimum absolute atomic E-state index is 0.0340. The normalized spacial score (nSPS) is 17.3. The number of rotatable bonds is 6. The van der Waals surface area contributed by atoms with Crippen LogP contribution in [0.5, 0.6) is 5.75 Å². The van der Waals surface area contributed by atoms with E-state index in [4.69, 9.17) is 9.47 Å². The Bertz CT molecular complexity index is 536. The first-order valence-electron chi connectivity index (χ1n) is 8.07. The monoisotopic (exact) mass is 324 g/mol. The highest BCUT2D eigenvalue weighted by molar-refractivity contribution is 5.78. The number of ether oxygens (including phenoxy) is 2. The van der Waals surface area contributed by atoms with E-state index < -0.39 is 0 Å². The van der Waals surface area contributed by atoms with Gasteiger partial charge < -0.3 is 14.4 Å². The zero-order valence-electron chi connectivity index (χ0n) is 14.8. The Kier molecular flexibility index (Phi) is 6.01. The number of aromatic nitrogens is 2. The Labute approximate surface area is 138 Å². The van der Waals surface area contributed by atoms with Gasteiger partial charge >= 0.3 is 0 Å². The highest BCUT2D eigenvalue weighted by atomic mass is 16.5. The average molecular weight is 324 g/mol. The number of amides is 1. The third-order valence-corrected chi connectivity index (χ3v) is 4.48. The molecule has 1 aromatic heterocycles. The Morgan fingerprint density at radius 3 is 2.43 bits per heavy atom. The van der Waals surface area contributed by atoms with E-state index in [0.717, 1.165) is 44.2 Å². The summed E-state index contributed by atoms with van der Waals surface area (Å²) in [6, 6.07) is 0.384. The van der Waals surface area contributed by atoms with Gasteiger partial charge in [0.1, 0.15) is 5.69 Å². The van der Waals surface area contributed by atoms with Gasteiger partial charge in [-0.1, -0.05) is 0 Å². The van der Waals surface area contributed by atoms with Crippen molar-refractivity contribution in [3.8, 4) is 5.75 Å². The van der Waals surface area contributed by atoms with E-state index in [1.165, 1.54) is 0 Å². The maximum Gasteiger partial charge on any atom is 0.260 e. The van der Waals surface area contributed by atoms with Crippen molar-refractivity contribution < 1.29 is 14.3 Å². The molecule has 0 aliphatic carbocycles. The van der Waals surface area contributed by atoms with Gasteiger partial charge in [0.25, 0.3) is 5.91 Å². The summed E-state index contributed by atoms with van der Waals surface area (Å²) in [4.78, 5) is 16.6. The maximum absolute atomic E-state index is 12.3. The highest BCUT2D eigenvalue weighted by Gasteiger charge is 2.24. The molecule has 0 N–H and O–H groups in total. The van der Waals surface area contributed by atoms with Crippen molar-refractivity contribution in [2.24, 2.45) is 7.05 Å². The predicted octanol–water partition coefficient (Wildman–Crippen LogP) is 0.595. The smallest absolute Gasteiger partial charge is 0.260 e. The van der Waals surface area contributed by atoms with Crippen LogP contribution in [0.25, 0.3) is 0 Å². The molecule has 1 aliphatic rings. The molecule has 7 nitrogen and oxygen atoms in total. The van der Waals surface area contributed by atoms with Crippen LogP contribution in [-0.2, 0) is 16.6 Å². The van der Waals surface area contributed by atoms with Gasteiger partial charge in [0.2, 0.25) is 0 Å². The van der Waals surface area contributed by atoms with Crippen LogP contribution in [0.4, 0.5) is 0 Å². The minimum Gasteiger partial charge on any atom is -0.480 e. The average Bonchev–Trinajstić information content (AvgIpc) is 2.78. The number of hydrogen-bond acceptors (Lipinski definition) is 5. The van der Waals surface area contributed by atoms with Crippen LogP contribution in [0.1, 0.15) is 18.3 Å². The summed E-state index contributed by atoms with van der Waals surface area (Å²) in [6.45, 7) is 10.00. The summed E-state index contributed by atoms with van der Waals surface area (Å²) >= 11 is 0. The molecule has 1 fully saturated rings. The molecule has 0 radical (unpaired) electrons. The number of hydrogen-bond donors (Lipinski definition) is 0. The summed E-state index contributed by atoms with van der Waals surface area (Å²) in [7, 11) is 3.59. The minimum atomic E-state index is 0.0340. The molecule has 130 valence electrons. The van der Waals surface area contributed by atoms with Gasteiger partial charge in [-0.25, -0.2) is 0 Å². The van der Waals surface area contributed by atoms with E-state index >= 15 is 0 Å². The van der Waals surface area contributed by atoms with E-state index in [2.05, 4.69) is 16.9 Å². The summed E-state index contributed by atoms with van der Waals surface area (Å²) < 4.78 is 12.7. The molecule has 0 saturated carbocycles. The van der Waals surface area contributed by atoms with E-state index in [9.17, 15) is 4.79 Å². The zero-order valence-corrected chi connectivity index (χ0v) is 14.8. The molecule has 0 unspecified atom stereocenters. The Hall–Kier alpha value is -1.60. The molecule has 0 spiro atoms. The van der Waals surface area contributed by atoms with Crippen molar-refractivity contribution in [1.82, 2.24) is 19.6 Å². The molecule has 2 rings (SSSR count). The molecule has 2 heterocycles. The van der Waals surface area contributed by atoms with Crippen LogP contribution in [0, 0.1) is 13.8 Å². The number of carbonyl (C=O) groups is 1. The van der Waals surface area contributed by atoms with Crippen molar-refractivity contribution in [2.45, 2.75) is 26.8 Å². The van der Waals surface area contributed by atoms with Gasteiger partial charge in [0, 0.05) is 46.4 Å². The van der Waals surface area contributed by atoms with Gasteiger partial charge in [0.05, 0.1) is 12.3 Å². The molecular weight excluding hydrogens is 296 g/mol. The van der Waals surface area contributed by atoms with E-state index in [1.807, 2.05) is 25.8 Å². The summed E-state index contributed by atoms with van der Waals surface area (Å²) in [5, 5.41) is 4.30. The molecule has 7 heteroatoms. The van der Waals surface area contributed by atoms with Crippen LogP contribution in [0.15, 0.2) is 0 Å². The van der Waals surface area contributed by atoms with Crippen molar-refractivity contribution in [3.63, 3.8) is 0 Å². The van der Waals surface area contributed by atoms with Gasteiger partial charge in [0.15, 0.2) is 12.4 Å². The lowest BCUT2D eigenvalue weighted by atomic mass is 10.2. The summed E-state index contributed by atoms with van der Waals surface area (Å²) in [5.41, 5.74) is 1.75. The summed E-state index contributed by atoms with van der Waals surface area (Å²) in [5.74, 6) is 0.750. The van der Waals surface area contributed by atoms with Gasteiger partial charge in [-0.3, -0.25) is 14.4 Å². The lowest BCUT2D eigenvalue weighted by Crippen LogP contribution is -2.53. The molecular formula is C16H28N4O3. The fourth-order valence-corrected chi connectivity index (χ4v) is 2.95. The molecule has 0 aromatic carbocycles. The van der Waals surface area contributed by atoms with Crippen molar-refractivity contribution in [3.05, 3.63) is 11.4 Å². The number of aryl methyl sites for hydroxylation is 2. The van der Waals surface area contributed by atoms with Gasteiger partial charge in [-0.05, 0) is 20.8 Å². The second-order valence-electron chi connectivity index (χ2n) is 6.13. The first-order chi connectivity index (χ1) is 10.9. The van der Waals surface area contributed by atoms with Crippen molar-refractivity contribution >= 4 is 5.91 Å². The zero-order chi connectivity index (χ0) is 17.0. The van der Waals surface area contributed by atoms with Gasteiger partial charge in [-0.15, -0.1) is 0 Å². The Morgan fingerprint density at radius 2 is 1.91 bits per heavy atom. The topological polar surface area (TPSA) is 59.8 Å². The van der Waals surface area contributed by atoms with Crippen LogP contribution in [0.3, 0.4) is 0 Å². The maximum atomic E-state index is 12.3. The third kappa shape index (κ3) is 4.23. The predicted molar refractivity (Wildman–Crippen MR) is 87.7 cm³/mol.